The lowest BCUT2D eigenvalue weighted by Crippen LogP contribution is -2.43. The average molecular weight is 413 g/mol. The van der Waals surface area contributed by atoms with Crippen molar-refractivity contribution in [3.63, 3.8) is 0 Å². The van der Waals surface area contributed by atoms with Gasteiger partial charge in [-0.25, -0.2) is 4.39 Å². The fourth-order valence-corrected chi connectivity index (χ4v) is 3.68. The summed E-state index contributed by atoms with van der Waals surface area (Å²) in [5.74, 6) is 0.445. The lowest BCUT2D eigenvalue weighted by molar-refractivity contribution is -0.137. The monoisotopic (exact) mass is 412 g/mol. The summed E-state index contributed by atoms with van der Waals surface area (Å²) >= 11 is 0. The summed E-state index contributed by atoms with van der Waals surface area (Å²) in [5, 5.41) is 0. The molecule has 0 bridgehead atoms. The number of carbonyl (C=O) groups is 2. The van der Waals surface area contributed by atoms with E-state index in [2.05, 4.69) is 13.8 Å². The molecule has 2 amide bonds. The van der Waals surface area contributed by atoms with Gasteiger partial charge in [0, 0.05) is 31.7 Å². The van der Waals surface area contributed by atoms with Crippen LogP contribution < -0.4 is 4.74 Å². The van der Waals surface area contributed by atoms with E-state index in [1.807, 2.05) is 24.3 Å². The van der Waals surface area contributed by atoms with Crippen LogP contribution in [0.4, 0.5) is 4.39 Å². The van der Waals surface area contributed by atoms with Gasteiger partial charge in [0.2, 0.25) is 0 Å². The third-order valence-electron chi connectivity index (χ3n) is 5.38. The molecule has 2 aromatic carbocycles. The molecule has 0 radical (unpaired) electrons. The van der Waals surface area contributed by atoms with Gasteiger partial charge in [-0.2, -0.15) is 0 Å². The van der Waals surface area contributed by atoms with Crippen LogP contribution in [0, 0.1) is 5.82 Å². The minimum Gasteiger partial charge on any atom is -0.481 e. The van der Waals surface area contributed by atoms with Gasteiger partial charge in [-0.1, -0.05) is 32.0 Å². The van der Waals surface area contributed by atoms with E-state index in [1.54, 1.807) is 16.7 Å². The fourth-order valence-electron chi connectivity index (χ4n) is 3.68. The van der Waals surface area contributed by atoms with Crippen LogP contribution in [0.3, 0.4) is 0 Å². The standard InChI is InChI=1S/C24H29FN2O3/c1-17(2)21-7-4-5-8-22(21)30-18(3)23(28)26-13-6-14-27(16-15-26)24(29)19-9-11-20(25)12-10-19/h4-5,7-12,17-18H,6,13-16H2,1-3H3. The summed E-state index contributed by atoms with van der Waals surface area (Å²) in [6, 6.07) is 13.3. The van der Waals surface area contributed by atoms with E-state index in [-0.39, 0.29) is 17.6 Å². The highest BCUT2D eigenvalue weighted by molar-refractivity contribution is 5.94. The second-order valence-electron chi connectivity index (χ2n) is 7.93. The van der Waals surface area contributed by atoms with Crippen LogP contribution in [-0.2, 0) is 4.79 Å². The number of ether oxygens (including phenoxy) is 1. The summed E-state index contributed by atoms with van der Waals surface area (Å²) in [6.07, 6.45) is 0.0813. The Bertz CT molecular complexity index is 882. The Balaban J connectivity index is 1.61. The maximum atomic E-state index is 13.1. The minimum absolute atomic E-state index is 0.0790. The molecule has 1 aliphatic rings. The first-order valence-electron chi connectivity index (χ1n) is 10.5. The van der Waals surface area contributed by atoms with Crippen LogP contribution in [-0.4, -0.2) is 53.9 Å². The molecule has 1 aliphatic heterocycles. The molecule has 1 unspecified atom stereocenters. The van der Waals surface area contributed by atoms with Crippen LogP contribution in [0.15, 0.2) is 48.5 Å². The number of benzene rings is 2. The molecule has 1 saturated heterocycles. The number of hydrogen-bond acceptors (Lipinski definition) is 3. The second kappa shape index (κ2) is 9.74. The highest BCUT2D eigenvalue weighted by atomic mass is 19.1. The maximum Gasteiger partial charge on any atom is 0.263 e. The molecule has 1 heterocycles. The molecule has 1 atom stereocenters. The molecule has 0 aliphatic carbocycles. The van der Waals surface area contributed by atoms with Crippen molar-refractivity contribution in [2.75, 3.05) is 26.2 Å². The van der Waals surface area contributed by atoms with E-state index in [1.165, 1.54) is 24.3 Å². The lowest BCUT2D eigenvalue weighted by atomic mass is 10.0. The topological polar surface area (TPSA) is 49.9 Å². The third-order valence-corrected chi connectivity index (χ3v) is 5.38. The van der Waals surface area contributed by atoms with Crippen LogP contribution >= 0.6 is 0 Å². The fraction of sp³-hybridized carbons (Fsp3) is 0.417. The Morgan fingerprint density at radius 2 is 1.53 bits per heavy atom. The van der Waals surface area contributed by atoms with Crippen molar-refractivity contribution < 1.29 is 18.7 Å². The number of amides is 2. The molecule has 2 aromatic rings. The summed E-state index contributed by atoms with van der Waals surface area (Å²) in [4.78, 5) is 29.2. The molecule has 0 spiro atoms. The van der Waals surface area contributed by atoms with Crippen molar-refractivity contribution in [3.8, 4) is 5.75 Å². The SMILES string of the molecule is CC(Oc1ccccc1C(C)C)C(=O)N1CCCN(C(=O)c2ccc(F)cc2)CC1. The summed E-state index contributed by atoms with van der Waals surface area (Å²) < 4.78 is 19.1. The quantitative estimate of drug-likeness (QED) is 0.743. The zero-order valence-corrected chi connectivity index (χ0v) is 17.8. The predicted molar refractivity (Wildman–Crippen MR) is 114 cm³/mol. The maximum absolute atomic E-state index is 13.1. The van der Waals surface area contributed by atoms with Gasteiger partial charge >= 0.3 is 0 Å². The highest BCUT2D eigenvalue weighted by Crippen LogP contribution is 2.27. The highest BCUT2D eigenvalue weighted by Gasteiger charge is 2.27. The van der Waals surface area contributed by atoms with Gasteiger partial charge in [-0.05, 0) is 55.2 Å². The Morgan fingerprint density at radius 3 is 2.23 bits per heavy atom. The van der Waals surface area contributed by atoms with Crippen molar-refractivity contribution >= 4 is 11.8 Å². The van der Waals surface area contributed by atoms with E-state index in [0.29, 0.717) is 44.1 Å². The molecule has 5 nitrogen and oxygen atoms in total. The van der Waals surface area contributed by atoms with E-state index in [0.717, 1.165) is 11.3 Å². The molecule has 1 fully saturated rings. The molecule has 3 rings (SSSR count). The van der Waals surface area contributed by atoms with Gasteiger partial charge < -0.3 is 14.5 Å². The second-order valence-corrected chi connectivity index (χ2v) is 7.93. The average Bonchev–Trinajstić information content (AvgIpc) is 2.99. The van der Waals surface area contributed by atoms with Crippen molar-refractivity contribution in [1.82, 2.24) is 9.80 Å². The number of rotatable bonds is 5. The molecular weight excluding hydrogens is 383 g/mol. The molecular formula is C24H29FN2O3. The van der Waals surface area contributed by atoms with Gasteiger partial charge in [-0.3, -0.25) is 9.59 Å². The van der Waals surface area contributed by atoms with Gasteiger partial charge in [0.1, 0.15) is 11.6 Å². The van der Waals surface area contributed by atoms with Gasteiger partial charge in [0.25, 0.3) is 11.8 Å². The van der Waals surface area contributed by atoms with Gasteiger partial charge in [-0.15, -0.1) is 0 Å². The van der Waals surface area contributed by atoms with E-state index in [4.69, 9.17) is 4.74 Å². The van der Waals surface area contributed by atoms with Crippen molar-refractivity contribution in [3.05, 3.63) is 65.5 Å². The number of hydrogen-bond donors (Lipinski definition) is 0. The number of halogens is 1. The third kappa shape index (κ3) is 5.17. The van der Waals surface area contributed by atoms with E-state index >= 15 is 0 Å². The molecule has 6 heteroatoms. The first-order valence-corrected chi connectivity index (χ1v) is 10.5. The van der Waals surface area contributed by atoms with Crippen molar-refractivity contribution in [2.24, 2.45) is 0 Å². The van der Waals surface area contributed by atoms with Crippen molar-refractivity contribution in [1.29, 1.82) is 0 Å². The zero-order valence-electron chi connectivity index (χ0n) is 17.8. The first-order chi connectivity index (χ1) is 14.4. The molecule has 0 saturated carbocycles. The number of carbonyl (C=O) groups excluding carboxylic acids is 2. The zero-order chi connectivity index (χ0) is 21.7. The van der Waals surface area contributed by atoms with Crippen molar-refractivity contribution in [2.45, 2.75) is 39.2 Å². The molecule has 160 valence electrons. The van der Waals surface area contributed by atoms with Crippen LogP contribution in [0.1, 0.15) is 49.0 Å². The summed E-state index contributed by atoms with van der Waals surface area (Å²) in [6.45, 7) is 7.98. The molecule has 0 aromatic heterocycles. The Morgan fingerprint density at radius 1 is 0.900 bits per heavy atom. The Labute approximate surface area is 177 Å². The normalized spacial score (nSPS) is 15.6. The lowest BCUT2D eigenvalue weighted by Gasteiger charge is -2.26. The smallest absolute Gasteiger partial charge is 0.263 e. The van der Waals surface area contributed by atoms with Gasteiger partial charge in [0.15, 0.2) is 6.10 Å². The minimum atomic E-state index is -0.607. The molecule has 0 N–H and O–H groups in total. The Hall–Kier alpha value is -2.89. The molecule has 30 heavy (non-hydrogen) atoms. The van der Waals surface area contributed by atoms with E-state index < -0.39 is 6.10 Å². The summed E-state index contributed by atoms with van der Waals surface area (Å²) in [5.41, 5.74) is 1.53. The van der Waals surface area contributed by atoms with Gasteiger partial charge in [0.05, 0.1) is 0 Å². The van der Waals surface area contributed by atoms with Crippen LogP contribution in [0.25, 0.3) is 0 Å². The largest absolute Gasteiger partial charge is 0.481 e. The van der Waals surface area contributed by atoms with Crippen LogP contribution in [0.2, 0.25) is 0 Å². The first kappa shape index (κ1) is 21.8. The van der Waals surface area contributed by atoms with E-state index in [9.17, 15) is 14.0 Å². The van der Waals surface area contributed by atoms with Crippen LogP contribution in [0.5, 0.6) is 5.75 Å². The number of nitrogens with zero attached hydrogens (tertiary/aromatic N) is 2. The summed E-state index contributed by atoms with van der Waals surface area (Å²) in [7, 11) is 0. The number of para-hydroxylation sites is 1. The predicted octanol–water partition coefficient (Wildman–Crippen LogP) is 4.09. The Kier molecular flexibility index (Phi) is 7.08.